The van der Waals surface area contributed by atoms with Crippen LogP contribution in [0.2, 0.25) is 0 Å². The minimum atomic E-state index is -1.21. The molecule has 0 bridgehead atoms. The summed E-state index contributed by atoms with van der Waals surface area (Å²) in [6.07, 6.45) is 1.12. The van der Waals surface area contributed by atoms with Crippen LogP contribution in [0.25, 0.3) is 0 Å². The normalized spacial score (nSPS) is 21.5. The van der Waals surface area contributed by atoms with Gasteiger partial charge in [-0.25, -0.2) is 4.79 Å². The predicted octanol–water partition coefficient (Wildman–Crippen LogP) is -1.68. The van der Waals surface area contributed by atoms with Crippen molar-refractivity contribution in [3.8, 4) is 0 Å². The molecule has 0 aromatic heterocycles. The molecule has 0 radical (unpaired) electrons. The van der Waals surface area contributed by atoms with E-state index < -0.39 is 30.5 Å². The first-order chi connectivity index (χ1) is 9.58. The van der Waals surface area contributed by atoms with E-state index >= 15 is 0 Å². The van der Waals surface area contributed by atoms with Crippen molar-refractivity contribution in [3.05, 3.63) is 0 Å². The standard InChI is InChI=1S/C11H17N5O4/c17-8(18)6-16-9(19)7(15-11(16)20)2-1-3-12-10-13-4-5-14-10/h7H,1-6H2,(H,15,20)(H,17,18)(H2,12,13,14)/t7-/m0/s1. The number of nitrogens with one attached hydrogen (secondary N) is 3. The molecule has 9 heteroatoms. The highest BCUT2D eigenvalue weighted by molar-refractivity contribution is 6.05. The van der Waals surface area contributed by atoms with Gasteiger partial charge in [-0.05, 0) is 12.8 Å². The van der Waals surface area contributed by atoms with Crippen LogP contribution in [-0.2, 0) is 9.59 Å². The van der Waals surface area contributed by atoms with Crippen LogP contribution in [0.3, 0.4) is 0 Å². The van der Waals surface area contributed by atoms with Crippen molar-refractivity contribution in [2.75, 3.05) is 26.2 Å². The third-order valence-corrected chi connectivity index (χ3v) is 3.04. The first-order valence-corrected chi connectivity index (χ1v) is 6.44. The van der Waals surface area contributed by atoms with E-state index in [1.54, 1.807) is 0 Å². The van der Waals surface area contributed by atoms with Gasteiger partial charge in [0.15, 0.2) is 5.96 Å². The van der Waals surface area contributed by atoms with E-state index in [2.05, 4.69) is 20.9 Å². The van der Waals surface area contributed by atoms with Gasteiger partial charge in [0.05, 0.1) is 6.54 Å². The smallest absolute Gasteiger partial charge is 0.325 e. The minimum Gasteiger partial charge on any atom is -0.480 e. The molecule has 2 rings (SSSR count). The van der Waals surface area contributed by atoms with Crippen molar-refractivity contribution in [2.24, 2.45) is 4.99 Å². The van der Waals surface area contributed by atoms with Crippen LogP contribution < -0.4 is 16.0 Å². The molecule has 1 saturated heterocycles. The van der Waals surface area contributed by atoms with Crippen LogP contribution >= 0.6 is 0 Å². The van der Waals surface area contributed by atoms with Crippen molar-refractivity contribution in [2.45, 2.75) is 18.9 Å². The Morgan fingerprint density at radius 1 is 1.50 bits per heavy atom. The first kappa shape index (κ1) is 14.1. The lowest BCUT2D eigenvalue weighted by atomic mass is 10.1. The quantitative estimate of drug-likeness (QED) is 0.341. The molecule has 3 amide bonds. The van der Waals surface area contributed by atoms with Gasteiger partial charge in [-0.2, -0.15) is 0 Å². The molecule has 1 fully saturated rings. The van der Waals surface area contributed by atoms with Gasteiger partial charge in [0.2, 0.25) is 0 Å². The highest BCUT2D eigenvalue weighted by atomic mass is 16.4. The summed E-state index contributed by atoms with van der Waals surface area (Å²) in [5, 5.41) is 17.3. The number of carboxylic acids is 1. The highest BCUT2D eigenvalue weighted by Gasteiger charge is 2.38. The average Bonchev–Trinajstić information content (AvgIpc) is 2.98. The molecule has 0 spiro atoms. The molecule has 0 unspecified atom stereocenters. The molecule has 4 N–H and O–H groups in total. The van der Waals surface area contributed by atoms with Crippen LogP contribution in [0.5, 0.6) is 0 Å². The Morgan fingerprint density at radius 3 is 2.95 bits per heavy atom. The van der Waals surface area contributed by atoms with Gasteiger partial charge in [-0.15, -0.1) is 0 Å². The van der Waals surface area contributed by atoms with Gasteiger partial charge < -0.3 is 21.1 Å². The molecule has 2 aliphatic rings. The molecule has 2 heterocycles. The van der Waals surface area contributed by atoms with Gasteiger partial charge >= 0.3 is 12.0 Å². The molecule has 110 valence electrons. The molecule has 9 nitrogen and oxygen atoms in total. The lowest BCUT2D eigenvalue weighted by Gasteiger charge is -2.10. The Balaban J connectivity index is 1.72. The fraction of sp³-hybridized carbons (Fsp3) is 0.636. The summed E-state index contributed by atoms with van der Waals surface area (Å²) in [6.45, 7) is 1.61. The number of nitrogens with zero attached hydrogens (tertiary/aromatic N) is 2. The maximum atomic E-state index is 11.8. The first-order valence-electron chi connectivity index (χ1n) is 6.44. The fourth-order valence-electron chi connectivity index (χ4n) is 2.09. The maximum Gasteiger partial charge on any atom is 0.325 e. The van der Waals surface area contributed by atoms with Crippen molar-refractivity contribution < 1.29 is 19.5 Å². The number of carbonyl (C=O) groups is 3. The molecule has 1 atom stereocenters. The molecule has 0 saturated carbocycles. The van der Waals surface area contributed by atoms with E-state index in [4.69, 9.17) is 5.11 Å². The molecular formula is C11H17N5O4. The van der Waals surface area contributed by atoms with E-state index in [0.717, 1.165) is 23.9 Å². The lowest BCUT2D eigenvalue weighted by Crippen LogP contribution is -2.36. The summed E-state index contributed by atoms with van der Waals surface area (Å²) in [5.41, 5.74) is 0. The summed E-state index contributed by atoms with van der Waals surface area (Å²) in [5.74, 6) is -0.936. The third kappa shape index (κ3) is 3.37. The van der Waals surface area contributed by atoms with Crippen LogP contribution in [0, 0.1) is 0 Å². The Morgan fingerprint density at radius 2 is 2.30 bits per heavy atom. The minimum absolute atomic E-state index is 0.459. The Bertz CT molecular complexity index is 450. The topological polar surface area (TPSA) is 123 Å². The molecule has 0 aromatic rings. The summed E-state index contributed by atoms with van der Waals surface area (Å²) >= 11 is 0. The van der Waals surface area contributed by atoms with Crippen molar-refractivity contribution in [1.29, 1.82) is 0 Å². The zero-order valence-electron chi connectivity index (χ0n) is 10.9. The van der Waals surface area contributed by atoms with Gasteiger partial charge in [0, 0.05) is 13.1 Å². The number of aliphatic imine (C=N–C) groups is 1. The Hall–Kier alpha value is -2.32. The average molecular weight is 283 g/mol. The second kappa shape index (κ2) is 6.22. The number of imide groups is 1. The molecule has 2 aliphatic heterocycles. The van der Waals surface area contributed by atoms with Gasteiger partial charge in [-0.3, -0.25) is 19.5 Å². The second-order valence-electron chi connectivity index (χ2n) is 4.55. The van der Waals surface area contributed by atoms with Crippen LogP contribution in [0.1, 0.15) is 12.8 Å². The summed E-state index contributed by atoms with van der Waals surface area (Å²) < 4.78 is 0. The SMILES string of the molecule is O=C(O)CN1C(=O)N[C@@H](CCCNC2=NCCN2)C1=O. The number of aliphatic carboxylic acids is 1. The molecular weight excluding hydrogens is 266 g/mol. The zero-order valence-corrected chi connectivity index (χ0v) is 10.9. The Kier molecular flexibility index (Phi) is 4.38. The summed E-state index contributed by atoms with van der Waals surface area (Å²) in [7, 11) is 0. The monoisotopic (exact) mass is 283 g/mol. The third-order valence-electron chi connectivity index (χ3n) is 3.04. The number of carboxylic acid groups (broad SMARTS) is 1. The van der Waals surface area contributed by atoms with Gasteiger partial charge in [0.25, 0.3) is 5.91 Å². The van der Waals surface area contributed by atoms with Gasteiger partial charge in [0.1, 0.15) is 12.6 Å². The number of rotatable bonds is 6. The largest absolute Gasteiger partial charge is 0.480 e. The van der Waals surface area contributed by atoms with E-state index in [-0.39, 0.29) is 0 Å². The maximum absolute atomic E-state index is 11.8. The van der Waals surface area contributed by atoms with Crippen LogP contribution in [0.4, 0.5) is 4.79 Å². The summed E-state index contributed by atoms with van der Waals surface area (Å²) in [6, 6.07) is -1.28. The van der Waals surface area contributed by atoms with E-state index in [9.17, 15) is 14.4 Å². The van der Waals surface area contributed by atoms with E-state index in [1.807, 2.05) is 0 Å². The second-order valence-corrected chi connectivity index (χ2v) is 4.55. The van der Waals surface area contributed by atoms with Crippen molar-refractivity contribution in [1.82, 2.24) is 20.9 Å². The number of urea groups is 1. The molecule has 20 heavy (non-hydrogen) atoms. The number of carbonyl (C=O) groups excluding carboxylic acids is 2. The van der Waals surface area contributed by atoms with Crippen molar-refractivity contribution >= 4 is 23.9 Å². The van der Waals surface area contributed by atoms with Crippen LogP contribution in [-0.4, -0.2) is 66.1 Å². The number of hydrogen-bond donors (Lipinski definition) is 4. The van der Waals surface area contributed by atoms with Crippen molar-refractivity contribution in [3.63, 3.8) is 0 Å². The van der Waals surface area contributed by atoms with E-state index in [1.165, 1.54) is 0 Å². The molecule has 0 aliphatic carbocycles. The van der Waals surface area contributed by atoms with Crippen LogP contribution in [0.15, 0.2) is 4.99 Å². The fourth-order valence-corrected chi connectivity index (χ4v) is 2.09. The summed E-state index contributed by atoms with van der Waals surface area (Å²) in [4.78, 5) is 38.7. The van der Waals surface area contributed by atoms with Gasteiger partial charge in [-0.1, -0.05) is 0 Å². The number of guanidine groups is 1. The predicted molar refractivity (Wildman–Crippen MR) is 69.2 cm³/mol. The highest BCUT2D eigenvalue weighted by Crippen LogP contribution is 2.10. The number of amides is 3. The lowest BCUT2D eigenvalue weighted by molar-refractivity contribution is -0.141. The Labute approximate surface area is 115 Å². The molecule has 0 aromatic carbocycles. The van der Waals surface area contributed by atoms with E-state index in [0.29, 0.717) is 19.4 Å². The zero-order chi connectivity index (χ0) is 14.5. The number of hydrogen-bond acceptors (Lipinski definition) is 6.